The second kappa shape index (κ2) is 8.39. The summed E-state index contributed by atoms with van der Waals surface area (Å²) in [6.45, 7) is 3.20. The average molecular weight is 318 g/mol. The van der Waals surface area contributed by atoms with Crippen molar-refractivity contribution in [3.8, 4) is 0 Å². The number of sulfonamides is 1. The molecule has 0 saturated carbocycles. The van der Waals surface area contributed by atoms with E-state index in [4.69, 9.17) is 0 Å². The van der Waals surface area contributed by atoms with E-state index in [1.807, 2.05) is 24.4 Å². The molecule has 0 aliphatic carbocycles. The minimum atomic E-state index is -3.20. The van der Waals surface area contributed by atoms with E-state index < -0.39 is 10.0 Å². The van der Waals surface area contributed by atoms with Crippen molar-refractivity contribution in [2.45, 2.75) is 26.2 Å². The Labute approximate surface area is 125 Å². The third-order valence-corrected chi connectivity index (χ3v) is 5.01. The molecule has 0 radical (unpaired) electrons. The second-order valence-corrected chi connectivity index (χ2v) is 7.64. The fraction of sp³-hybridized carbons (Fsp3) is 0.615. The zero-order valence-electron chi connectivity index (χ0n) is 12.0. The van der Waals surface area contributed by atoms with Crippen LogP contribution in [-0.2, 0) is 21.2 Å². The third kappa shape index (κ3) is 6.49. The van der Waals surface area contributed by atoms with Gasteiger partial charge in [0.15, 0.2) is 0 Å². The van der Waals surface area contributed by atoms with Gasteiger partial charge in [-0.05, 0) is 17.9 Å². The van der Waals surface area contributed by atoms with Crippen LogP contribution in [0.3, 0.4) is 0 Å². The maximum absolute atomic E-state index is 11.7. The van der Waals surface area contributed by atoms with Crippen molar-refractivity contribution in [3.05, 3.63) is 22.4 Å². The topological polar surface area (TPSA) is 66.5 Å². The highest BCUT2D eigenvalue weighted by Crippen LogP contribution is 2.08. The van der Waals surface area contributed by atoms with Gasteiger partial charge in [0.05, 0.1) is 12.7 Å². The fourth-order valence-electron chi connectivity index (χ4n) is 1.73. The molecule has 5 nitrogen and oxygen atoms in total. The predicted molar refractivity (Wildman–Crippen MR) is 82.4 cm³/mol. The highest BCUT2D eigenvalue weighted by Gasteiger charge is 2.15. The molecule has 1 amide bonds. The Balaban J connectivity index is 2.34. The first-order valence-electron chi connectivity index (χ1n) is 6.67. The molecule has 0 aromatic carbocycles. The SMILES string of the molecule is CCCCN(CCNC(=O)Cc1cccs1)S(C)(=O)=O. The summed E-state index contributed by atoms with van der Waals surface area (Å²) < 4.78 is 24.6. The fourth-order valence-corrected chi connectivity index (χ4v) is 3.32. The van der Waals surface area contributed by atoms with Gasteiger partial charge in [0, 0.05) is 24.5 Å². The van der Waals surface area contributed by atoms with Crippen molar-refractivity contribution in [2.24, 2.45) is 0 Å². The minimum absolute atomic E-state index is 0.0728. The molecule has 0 atom stereocenters. The smallest absolute Gasteiger partial charge is 0.225 e. The molecule has 0 fully saturated rings. The summed E-state index contributed by atoms with van der Waals surface area (Å²) in [4.78, 5) is 12.7. The lowest BCUT2D eigenvalue weighted by atomic mass is 10.3. The maximum atomic E-state index is 11.7. The van der Waals surface area contributed by atoms with E-state index in [1.165, 1.54) is 21.9 Å². The normalized spacial score (nSPS) is 11.8. The molecule has 0 unspecified atom stereocenters. The van der Waals surface area contributed by atoms with Gasteiger partial charge in [0.2, 0.25) is 15.9 Å². The summed E-state index contributed by atoms with van der Waals surface area (Å²) in [6, 6.07) is 3.82. The largest absolute Gasteiger partial charge is 0.354 e. The van der Waals surface area contributed by atoms with Crippen LogP contribution in [0.5, 0.6) is 0 Å². The third-order valence-electron chi connectivity index (χ3n) is 2.83. The van der Waals surface area contributed by atoms with Crippen LogP contribution in [0.15, 0.2) is 17.5 Å². The molecule has 1 N–H and O–H groups in total. The van der Waals surface area contributed by atoms with Crippen molar-refractivity contribution >= 4 is 27.3 Å². The molecule has 114 valence electrons. The molecule has 20 heavy (non-hydrogen) atoms. The first-order chi connectivity index (χ1) is 9.43. The Hall–Kier alpha value is -0.920. The van der Waals surface area contributed by atoms with Crippen LogP contribution in [0, 0.1) is 0 Å². The van der Waals surface area contributed by atoms with E-state index in [1.54, 1.807) is 0 Å². The number of rotatable bonds is 9. The summed E-state index contributed by atoms with van der Waals surface area (Å²) >= 11 is 1.54. The van der Waals surface area contributed by atoms with Crippen LogP contribution in [0.2, 0.25) is 0 Å². The van der Waals surface area contributed by atoms with E-state index in [9.17, 15) is 13.2 Å². The van der Waals surface area contributed by atoms with Crippen molar-refractivity contribution in [1.29, 1.82) is 0 Å². The first-order valence-corrected chi connectivity index (χ1v) is 9.40. The van der Waals surface area contributed by atoms with Crippen LogP contribution >= 0.6 is 11.3 Å². The number of carbonyl (C=O) groups is 1. The molecule has 1 aromatic rings. The summed E-state index contributed by atoms with van der Waals surface area (Å²) in [5.41, 5.74) is 0. The lowest BCUT2D eigenvalue weighted by Gasteiger charge is -2.19. The Morgan fingerprint density at radius 2 is 2.15 bits per heavy atom. The molecule has 7 heteroatoms. The van der Waals surface area contributed by atoms with E-state index >= 15 is 0 Å². The minimum Gasteiger partial charge on any atom is -0.354 e. The summed E-state index contributed by atoms with van der Waals surface area (Å²) in [5, 5.41) is 4.69. The number of unbranched alkanes of at least 4 members (excludes halogenated alkanes) is 1. The Kier molecular flexibility index (Phi) is 7.18. The van der Waals surface area contributed by atoms with Gasteiger partial charge in [-0.1, -0.05) is 19.4 Å². The average Bonchev–Trinajstić information content (AvgIpc) is 2.84. The molecular formula is C13H22N2O3S2. The molecule has 1 heterocycles. The van der Waals surface area contributed by atoms with E-state index in [0.29, 0.717) is 26.1 Å². The Morgan fingerprint density at radius 1 is 1.40 bits per heavy atom. The van der Waals surface area contributed by atoms with E-state index in [-0.39, 0.29) is 5.91 Å². The first kappa shape index (κ1) is 17.1. The van der Waals surface area contributed by atoms with Crippen molar-refractivity contribution in [1.82, 2.24) is 9.62 Å². The molecule has 1 rings (SSSR count). The van der Waals surface area contributed by atoms with Crippen LogP contribution < -0.4 is 5.32 Å². The Morgan fingerprint density at radius 3 is 2.70 bits per heavy atom. The lowest BCUT2D eigenvalue weighted by molar-refractivity contribution is -0.120. The molecular weight excluding hydrogens is 296 g/mol. The number of thiophene rings is 1. The van der Waals surface area contributed by atoms with Gasteiger partial charge in [0.25, 0.3) is 0 Å². The molecule has 1 aromatic heterocycles. The van der Waals surface area contributed by atoms with Crippen molar-refractivity contribution in [2.75, 3.05) is 25.9 Å². The quantitative estimate of drug-likeness (QED) is 0.750. The van der Waals surface area contributed by atoms with Gasteiger partial charge in [-0.3, -0.25) is 4.79 Å². The standard InChI is InChI=1S/C13H22N2O3S2/c1-3-4-8-15(20(2,17)18)9-7-14-13(16)11-12-6-5-10-19-12/h5-6,10H,3-4,7-9,11H2,1-2H3,(H,14,16). The number of hydrogen-bond acceptors (Lipinski definition) is 4. The molecule has 0 aliphatic rings. The highest BCUT2D eigenvalue weighted by atomic mass is 32.2. The monoisotopic (exact) mass is 318 g/mol. The second-order valence-electron chi connectivity index (χ2n) is 4.62. The number of nitrogens with zero attached hydrogens (tertiary/aromatic N) is 1. The lowest BCUT2D eigenvalue weighted by Crippen LogP contribution is -2.38. The highest BCUT2D eigenvalue weighted by molar-refractivity contribution is 7.88. The van der Waals surface area contributed by atoms with Gasteiger partial charge in [-0.15, -0.1) is 11.3 Å². The van der Waals surface area contributed by atoms with Gasteiger partial charge >= 0.3 is 0 Å². The maximum Gasteiger partial charge on any atom is 0.225 e. The number of nitrogens with one attached hydrogen (secondary N) is 1. The van der Waals surface area contributed by atoms with E-state index in [0.717, 1.165) is 17.7 Å². The molecule has 0 aliphatic heterocycles. The van der Waals surface area contributed by atoms with Crippen molar-refractivity contribution in [3.63, 3.8) is 0 Å². The Bertz CT molecular complexity index is 498. The zero-order valence-corrected chi connectivity index (χ0v) is 13.6. The molecule has 0 spiro atoms. The summed E-state index contributed by atoms with van der Waals surface area (Å²) in [6.07, 6.45) is 3.33. The number of carbonyl (C=O) groups excluding carboxylic acids is 1. The predicted octanol–water partition coefficient (Wildman–Crippen LogP) is 1.47. The number of hydrogen-bond donors (Lipinski definition) is 1. The van der Waals surface area contributed by atoms with Gasteiger partial charge in [-0.25, -0.2) is 12.7 Å². The van der Waals surface area contributed by atoms with Crippen LogP contribution in [0.1, 0.15) is 24.6 Å². The van der Waals surface area contributed by atoms with Crippen molar-refractivity contribution < 1.29 is 13.2 Å². The number of amides is 1. The molecule has 0 bridgehead atoms. The summed E-state index contributed by atoms with van der Waals surface area (Å²) in [7, 11) is -3.20. The summed E-state index contributed by atoms with van der Waals surface area (Å²) in [5.74, 6) is -0.0728. The van der Waals surface area contributed by atoms with Crippen LogP contribution in [-0.4, -0.2) is 44.5 Å². The van der Waals surface area contributed by atoms with Crippen LogP contribution in [0.4, 0.5) is 0 Å². The van der Waals surface area contributed by atoms with Gasteiger partial charge in [0.1, 0.15) is 0 Å². The van der Waals surface area contributed by atoms with Gasteiger partial charge < -0.3 is 5.32 Å². The van der Waals surface area contributed by atoms with Gasteiger partial charge in [-0.2, -0.15) is 0 Å². The molecule has 0 saturated heterocycles. The zero-order chi connectivity index (χ0) is 15.0. The van der Waals surface area contributed by atoms with E-state index in [2.05, 4.69) is 5.32 Å². The van der Waals surface area contributed by atoms with Crippen LogP contribution in [0.25, 0.3) is 0 Å².